The highest BCUT2D eigenvalue weighted by atomic mass is 127. The largest absolute Gasteiger partial charge is 0.356 e. The van der Waals surface area contributed by atoms with Crippen LogP contribution >= 0.6 is 24.0 Å². The predicted molar refractivity (Wildman–Crippen MR) is 106 cm³/mol. The number of rotatable bonds is 5. The van der Waals surface area contributed by atoms with Crippen LogP contribution in [0.1, 0.15) is 44.9 Å². The van der Waals surface area contributed by atoms with E-state index in [1.165, 1.54) is 19.3 Å². The van der Waals surface area contributed by atoms with Crippen LogP contribution in [0.2, 0.25) is 0 Å². The van der Waals surface area contributed by atoms with Crippen LogP contribution in [0.15, 0.2) is 4.99 Å². The van der Waals surface area contributed by atoms with Gasteiger partial charge in [-0.05, 0) is 31.6 Å². The maximum Gasteiger partial charge on any atom is 0.350 e. The third-order valence-corrected chi connectivity index (χ3v) is 6.42. The second kappa shape index (κ2) is 10.8. The molecule has 2 fully saturated rings. The van der Waals surface area contributed by atoms with Gasteiger partial charge in [-0.1, -0.05) is 19.3 Å². The highest BCUT2D eigenvalue weighted by Crippen LogP contribution is 2.22. The molecule has 0 aromatic rings. The number of halogens is 3. The molecule has 2 aliphatic rings. The Hall–Kier alpha value is -0.230. The second-order valence-corrected chi connectivity index (χ2v) is 8.48. The van der Waals surface area contributed by atoms with Crippen molar-refractivity contribution in [1.29, 1.82) is 0 Å². The van der Waals surface area contributed by atoms with Gasteiger partial charge in [0.15, 0.2) is 5.96 Å². The molecule has 6 nitrogen and oxygen atoms in total. The Balaban J connectivity index is 0.00000312. The van der Waals surface area contributed by atoms with Gasteiger partial charge >= 0.3 is 5.76 Å². The van der Waals surface area contributed by atoms with E-state index >= 15 is 0 Å². The monoisotopic (exact) mass is 494 g/mol. The van der Waals surface area contributed by atoms with Gasteiger partial charge in [-0.25, -0.2) is 8.42 Å². The van der Waals surface area contributed by atoms with Gasteiger partial charge in [0.25, 0.3) is 10.0 Å². The summed E-state index contributed by atoms with van der Waals surface area (Å²) in [7, 11) is -2.70. The first-order valence-electron chi connectivity index (χ1n) is 8.67. The summed E-state index contributed by atoms with van der Waals surface area (Å²) in [5, 5.41) is 6.71. The normalized spacial score (nSPS) is 21.8. The zero-order valence-electron chi connectivity index (χ0n) is 14.6. The molecule has 0 atom stereocenters. The Morgan fingerprint density at radius 1 is 1.16 bits per heavy atom. The molecule has 1 saturated carbocycles. The molecule has 25 heavy (non-hydrogen) atoms. The Morgan fingerprint density at radius 2 is 1.76 bits per heavy atom. The minimum Gasteiger partial charge on any atom is -0.356 e. The lowest BCUT2D eigenvalue weighted by Gasteiger charge is -2.31. The molecule has 0 aromatic carbocycles. The van der Waals surface area contributed by atoms with Gasteiger partial charge in [-0.15, -0.1) is 24.0 Å². The van der Waals surface area contributed by atoms with Gasteiger partial charge in [-0.3, -0.25) is 4.99 Å². The van der Waals surface area contributed by atoms with Crippen molar-refractivity contribution in [2.45, 2.75) is 56.7 Å². The SMILES string of the molecule is CN=C(NCC1CCN(S(=O)(=O)C(F)F)CC1)NC1CCCCC1.I. The van der Waals surface area contributed by atoms with Crippen LogP contribution in [0.4, 0.5) is 8.78 Å². The lowest BCUT2D eigenvalue weighted by molar-refractivity contribution is 0.204. The van der Waals surface area contributed by atoms with E-state index in [2.05, 4.69) is 15.6 Å². The lowest BCUT2D eigenvalue weighted by Crippen LogP contribution is -2.47. The Morgan fingerprint density at radius 3 is 2.28 bits per heavy atom. The van der Waals surface area contributed by atoms with Crippen LogP contribution in [-0.2, 0) is 10.0 Å². The summed E-state index contributed by atoms with van der Waals surface area (Å²) in [6.07, 6.45) is 7.26. The molecular weight excluding hydrogens is 465 g/mol. The highest BCUT2D eigenvalue weighted by molar-refractivity contribution is 14.0. The molecule has 0 spiro atoms. The number of hydrogen-bond acceptors (Lipinski definition) is 3. The van der Waals surface area contributed by atoms with Crippen molar-refractivity contribution in [3.63, 3.8) is 0 Å². The van der Waals surface area contributed by atoms with E-state index in [1.807, 2.05) is 0 Å². The number of guanidine groups is 1. The van der Waals surface area contributed by atoms with Gasteiger partial charge < -0.3 is 10.6 Å². The summed E-state index contributed by atoms with van der Waals surface area (Å²) in [6, 6.07) is 0.461. The minimum atomic E-state index is -4.43. The van der Waals surface area contributed by atoms with Crippen molar-refractivity contribution in [3.05, 3.63) is 0 Å². The number of nitrogens with one attached hydrogen (secondary N) is 2. The standard InChI is InChI=1S/C15H28F2N4O2S.HI/c1-18-15(20-13-5-3-2-4-6-13)19-11-12-7-9-21(10-8-12)24(22,23)14(16)17;/h12-14H,2-11H2,1H3,(H2,18,19,20);1H. The van der Waals surface area contributed by atoms with E-state index in [1.54, 1.807) is 7.05 Å². The summed E-state index contributed by atoms with van der Waals surface area (Å²) in [5.41, 5.74) is 0. The van der Waals surface area contributed by atoms with Crippen molar-refractivity contribution in [2.24, 2.45) is 10.9 Å². The highest BCUT2D eigenvalue weighted by Gasteiger charge is 2.34. The van der Waals surface area contributed by atoms with Gasteiger partial charge in [0.05, 0.1) is 0 Å². The maximum absolute atomic E-state index is 12.6. The Kier molecular flexibility index (Phi) is 9.86. The van der Waals surface area contributed by atoms with Gasteiger partial charge in [0.2, 0.25) is 0 Å². The molecule has 0 radical (unpaired) electrons. The molecular formula is C15H29F2IN4O2S. The van der Waals surface area contributed by atoms with Crippen molar-refractivity contribution in [3.8, 4) is 0 Å². The summed E-state index contributed by atoms with van der Waals surface area (Å²) in [6.45, 7) is 0.996. The molecule has 10 heteroatoms. The van der Waals surface area contributed by atoms with E-state index in [9.17, 15) is 17.2 Å². The first-order chi connectivity index (χ1) is 11.4. The average molecular weight is 494 g/mol. The number of nitrogens with zero attached hydrogens (tertiary/aromatic N) is 2. The molecule has 1 heterocycles. The van der Waals surface area contributed by atoms with Crippen LogP contribution in [-0.4, -0.2) is 57.2 Å². The molecule has 0 aromatic heterocycles. The fourth-order valence-electron chi connectivity index (χ4n) is 3.36. The minimum absolute atomic E-state index is 0. The summed E-state index contributed by atoms with van der Waals surface area (Å²) in [5.74, 6) is -2.30. The topological polar surface area (TPSA) is 73.8 Å². The van der Waals surface area contributed by atoms with Crippen LogP contribution < -0.4 is 10.6 Å². The first-order valence-corrected chi connectivity index (χ1v) is 10.2. The maximum atomic E-state index is 12.6. The molecule has 1 aliphatic heterocycles. The molecule has 1 saturated heterocycles. The molecule has 148 valence electrons. The summed E-state index contributed by atoms with van der Waals surface area (Å²) in [4.78, 5) is 4.23. The fraction of sp³-hybridized carbons (Fsp3) is 0.933. The number of sulfonamides is 1. The molecule has 2 rings (SSSR count). The summed E-state index contributed by atoms with van der Waals surface area (Å²) >= 11 is 0. The van der Waals surface area contributed by atoms with Crippen LogP contribution in [0, 0.1) is 5.92 Å². The number of hydrogen-bond donors (Lipinski definition) is 2. The fourth-order valence-corrected chi connectivity index (χ4v) is 4.30. The third-order valence-electron chi connectivity index (χ3n) is 4.89. The van der Waals surface area contributed by atoms with Crippen molar-refractivity contribution in [2.75, 3.05) is 26.7 Å². The van der Waals surface area contributed by atoms with E-state index in [0.29, 0.717) is 25.4 Å². The van der Waals surface area contributed by atoms with E-state index in [4.69, 9.17) is 0 Å². The van der Waals surface area contributed by atoms with E-state index in [0.717, 1.165) is 23.1 Å². The summed E-state index contributed by atoms with van der Waals surface area (Å²) < 4.78 is 48.9. The average Bonchev–Trinajstić information content (AvgIpc) is 2.59. The third kappa shape index (κ3) is 6.78. The lowest BCUT2D eigenvalue weighted by atomic mass is 9.95. The number of piperidine rings is 1. The zero-order valence-corrected chi connectivity index (χ0v) is 17.7. The molecule has 0 bridgehead atoms. The Labute approximate surface area is 166 Å². The predicted octanol–water partition coefficient (Wildman–Crippen LogP) is 2.37. The second-order valence-electron chi connectivity index (χ2n) is 6.58. The molecule has 0 amide bonds. The van der Waals surface area contributed by atoms with Gasteiger partial charge in [0, 0.05) is 32.7 Å². The Bertz CT molecular complexity index is 520. The van der Waals surface area contributed by atoms with Crippen molar-refractivity contribution < 1.29 is 17.2 Å². The van der Waals surface area contributed by atoms with Crippen LogP contribution in [0.25, 0.3) is 0 Å². The van der Waals surface area contributed by atoms with Crippen molar-refractivity contribution in [1.82, 2.24) is 14.9 Å². The zero-order chi connectivity index (χ0) is 17.6. The quantitative estimate of drug-likeness (QED) is 0.350. The smallest absolute Gasteiger partial charge is 0.350 e. The van der Waals surface area contributed by atoms with E-state index < -0.39 is 15.8 Å². The van der Waals surface area contributed by atoms with Crippen LogP contribution in [0.3, 0.4) is 0 Å². The molecule has 1 aliphatic carbocycles. The molecule has 0 unspecified atom stereocenters. The molecule has 2 N–H and O–H groups in total. The van der Waals surface area contributed by atoms with Gasteiger partial charge in [-0.2, -0.15) is 13.1 Å². The number of aliphatic imine (C=N–C) groups is 1. The number of alkyl halides is 2. The van der Waals surface area contributed by atoms with E-state index in [-0.39, 0.29) is 43.0 Å². The van der Waals surface area contributed by atoms with Crippen LogP contribution in [0.5, 0.6) is 0 Å². The first kappa shape index (κ1) is 22.8. The van der Waals surface area contributed by atoms with Crippen molar-refractivity contribution >= 4 is 40.0 Å². The van der Waals surface area contributed by atoms with Gasteiger partial charge in [0.1, 0.15) is 0 Å².